The maximum absolute atomic E-state index is 11.4. The van der Waals surface area contributed by atoms with Gasteiger partial charge in [-0.05, 0) is 24.5 Å². The number of aryl methyl sites for hydroxylation is 1. The molecule has 1 unspecified atom stereocenters. The molecule has 2 rings (SSSR count). The zero-order valence-electron chi connectivity index (χ0n) is 11.5. The smallest absolute Gasteiger partial charge is 0.311 e. The fraction of sp³-hybridized carbons (Fsp3) is 0.167. The van der Waals surface area contributed by atoms with Crippen molar-refractivity contribution in [1.82, 2.24) is 0 Å². The standard InChI is InChI=1S/C18H18O2/c1-14-7-5-11-16(13-14)17(18(19)20)12-6-10-15-8-3-2-4-9-15/h2-11,13,17H,12H2,1H3,(H,19,20). The van der Waals surface area contributed by atoms with Gasteiger partial charge in [0.2, 0.25) is 0 Å². The summed E-state index contributed by atoms with van der Waals surface area (Å²) in [7, 11) is 0. The van der Waals surface area contributed by atoms with Crippen LogP contribution in [-0.4, -0.2) is 11.1 Å². The van der Waals surface area contributed by atoms with Crippen LogP contribution in [0.15, 0.2) is 60.7 Å². The van der Waals surface area contributed by atoms with Gasteiger partial charge in [-0.2, -0.15) is 0 Å². The summed E-state index contributed by atoms with van der Waals surface area (Å²) in [6.07, 6.45) is 4.38. The van der Waals surface area contributed by atoms with Gasteiger partial charge in [-0.1, -0.05) is 72.3 Å². The number of hydrogen-bond acceptors (Lipinski definition) is 1. The Labute approximate surface area is 119 Å². The van der Waals surface area contributed by atoms with Crippen LogP contribution in [0.1, 0.15) is 29.0 Å². The zero-order valence-corrected chi connectivity index (χ0v) is 11.5. The van der Waals surface area contributed by atoms with E-state index in [2.05, 4.69) is 0 Å². The average Bonchev–Trinajstić information content (AvgIpc) is 2.44. The number of carboxylic acids is 1. The Morgan fingerprint density at radius 1 is 1.15 bits per heavy atom. The summed E-state index contributed by atoms with van der Waals surface area (Å²) in [6.45, 7) is 1.97. The fourth-order valence-corrected chi connectivity index (χ4v) is 2.17. The third-order valence-electron chi connectivity index (χ3n) is 3.22. The lowest BCUT2D eigenvalue weighted by Crippen LogP contribution is -2.10. The van der Waals surface area contributed by atoms with Gasteiger partial charge in [0.15, 0.2) is 0 Å². The predicted octanol–water partition coefficient (Wildman–Crippen LogP) is 4.27. The van der Waals surface area contributed by atoms with Crippen LogP contribution in [0.3, 0.4) is 0 Å². The number of aliphatic carboxylic acids is 1. The Bertz CT molecular complexity index is 600. The maximum atomic E-state index is 11.4. The third-order valence-corrected chi connectivity index (χ3v) is 3.22. The van der Waals surface area contributed by atoms with Crippen LogP contribution in [0.4, 0.5) is 0 Å². The second-order valence-corrected chi connectivity index (χ2v) is 4.85. The van der Waals surface area contributed by atoms with Gasteiger partial charge in [0.1, 0.15) is 0 Å². The molecule has 0 saturated carbocycles. The first-order valence-corrected chi connectivity index (χ1v) is 6.68. The minimum Gasteiger partial charge on any atom is -0.481 e. The zero-order chi connectivity index (χ0) is 14.4. The van der Waals surface area contributed by atoms with Gasteiger partial charge in [-0.25, -0.2) is 0 Å². The van der Waals surface area contributed by atoms with Crippen LogP contribution in [0.5, 0.6) is 0 Å². The van der Waals surface area contributed by atoms with E-state index in [0.29, 0.717) is 6.42 Å². The molecule has 2 heteroatoms. The quantitative estimate of drug-likeness (QED) is 0.877. The molecule has 20 heavy (non-hydrogen) atoms. The molecule has 0 aromatic heterocycles. The molecule has 2 nitrogen and oxygen atoms in total. The molecule has 0 fully saturated rings. The van der Waals surface area contributed by atoms with E-state index in [1.807, 2.05) is 73.7 Å². The maximum Gasteiger partial charge on any atom is 0.311 e. The first-order chi connectivity index (χ1) is 9.66. The number of carboxylic acid groups (broad SMARTS) is 1. The van der Waals surface area contributed by atoms with E-state index in [4.69, 9.17) is 0 Å². The van der Waals surface area contributed by atoms with Crippen molar-refractivity contribution < 1.29 is 9.90 Å². The molecular formula is C18H18O2. The fourth-order valence-electron chi connectivity index (χ4n) is 2.17. The van der Waals surface area contributed by atoms with Gasteiger partial charge in [-0.15, -0.1) is 0 Å². The molecule has 0 bridgehead atoms. The molecule has 0 aliphatic carbocycles. The van der Waals surface area contributed by atoms with Crippen molar-refractivity contribution in [3.63, 3.8) is 0 Å². The Balaban J connectivity index is 2.11. The van der Waals surface area contributed by atoms with E-state index in [-0.39, 0.29) is 0 Å². The van der Waals surface area contributed by atoms with E-state index >= 15 is 0 Å². The number of rotatable bonds is 5. The molecule has 0 saturated heterocycles. The SMILES string of the molecule is Cc1cccc(C(CC=Cc2ccccc2)C(=O)O)c1. The highest BCUT2D eigenvalue weighted by Gasteiger charge is 2.18. The molecule has 102 valence electrons. The summed E-state index contributed by atoms with van der Waals surface area (Å²) in [4.78, 5) is 11.4. The Hall–Kier alpha value is -2.35. The van der Waals surface area contributed by atoms with Crippen LogP contribution in [0, 0.1) is 6.92 Å². The number of hydrogen-bond donors (Lipinski definition) is 1. The molecule has 0 aliphatic rings. The van der Waals surface area contributed by atoms with Crippen molar-refractivity contribution >= 4 is 12.0 Å². The lowest BCUT2D eigenvalue weighted by Gasteiger charge is -2.11. The highest BCUT2D eigenvalue weighted by molar-refractivity contribution is 5.76. The van der Waals surface area contributed by atoms with Crippen LogP contribution in [0.2, 0.25) is 0 Å². The first-order valence-electron chi connectivity index (χ1n) is 6.68. The molecule has 1 atom stereocenters. The molecule has 2 aromatic carbocycles. The molecule has 0 aliphatic heterocycles. The van der Waals surface area contributed by atoms with Crippen LogP contribution < -0.4 is 0 Å². The summed E-state index contributed by atoms with van der Waals surface area (Å²) in [5.41, 5.74) is 3.02. The number of benzene rings is 2. The number of allylic oxidation sites excluding steroid dienone is 1. The van der Waals surface area contributed by atoms with E-state index < -0.39 is 11.9 Å². The molecule has 2 aromatic rings. The van der Waals surface area contributed by atoms with E-state index in [0.717, 1.165) is 16.7 Å². The van der Waals surface area contributed by atoms with Crippen molar-refractivity contribution in [2.24, 2.45) is 0 Å². The Morgan fingerprint density at radius 3 is 2.55 bits per heavy atom. The van der Waals surface area contributed by atoms with Gasteiger partial charge in [-0.3, -0.25) is 4.79 Å². The van der Waals surface area contributed by atoms with Crippen LogP contribution in [0.25, 0.3) is 6.08 Å². The van der Waals surface area contributed by atoms with Crippen molar-refractivity contribution in [1.29, 1.82) is 0 Å². The minimum atomic E-state index is -0.784. The lowest BCUT2D eigenvalue weighted by molar-refractivity contribution is -0.138. The van der Waals surface area contributed by atoms with Gasteiger partial charge in [0.05, 0.1) is 5.92 Å². The Kier molecular flexibility index (Phi) is 4.72. The molecule has 0 radical (unpaired) electrons. The summed E-state index contributed by atoms with van der Waals surface area (Å²) in [5.74, 6) is -1.27. The number of carbonyl (C=O) groups is 1. The van der Waals surface area contributed by atoms with E-state index in [9.17, 15) is 9.90 Å². The van der Waals surface area contributed by atoms with Crippen molar-refractivity contribution in [2.75, 3.05) is 0 Å². The van der Waals surface area contributed by atoms with Gasteiger partial charge >= 0.3 is 5.97 Å². The van der Waals surface area contributed by atoms with Gasteiger partial charge in [0, 0.05) is 0 Å². The Morgan fingerprint density at radius 2 is 1.90 bits per heavy atom. The van der Waals surface area contributed by atoms with Gasteiger partial charge in [0.25, 0.3) is 0 Å². The normalized spacial score (nSPS) is 12.4. The predicted molar refractivity (Wildman–Crippen MR) is 81.6 cm³/mol. The summed E-state index contributed by atoms with van der Waals surface area (Å²) < 4.78 is 0. The topological polar surface area (TPSA) is 37.3 Å². The monoisotopic (exact) mass is 266 g/mol. The lowest BCUT2D eigenvalue weighted by atomic mass is 9.94. The van der Waals surface area contributed by atoms with E-state index in [1.165, 1.54) is 0 Å². The second kappa shape index (κ2) is 6.71. The first kappa shape index (κ1) is 14.1. The second-order valence-electron chi connectivity index (χ2n) is 4.85. The van der Waals surface area contributed by atoms with E-state index in [1.54, 1.807) is 0 Å². The summed E-state index contributed by atoms with van der Waals surface area (Å²) in [6, 6.07) is 17.6. The molecule has 0 spiro atoms. The summed E-state index contributed by atoms with van der Waals surface area (Å²) in [5, 5.41) is 9.38. The minimum absolute atomic E-state index is 0.491. The molecule has 0 amide bonds. The third kappa shape index (κ3) is 3.82. The molecule has 0 heterocycles. The van der Waals surface area contributed by atoms with Crippen LogP contribution in [-0.2, 0) is 4.79 Å². The van der Waals surface area contributed by atoms with Crippen molar-refractivity contribution in [3.05, 3.63) is 77.4 Å². The molecular weight excluding hydrogens is 248 g/mol. The average molecular weight is 266 g/mol. The molecule has 1 N–H and O–H groups in total. The largest absolute Gasteiger partial charge is 0.481 e. The highest BCUT2D eigenvalue weighted by atomic mass is 16.4. The van der Waals surface area contributed by atoms with Crippen LogP contribution >= 0.6 is 0 Å². The van der Waals surface area contributed by atoms with Crippen molar-refractivity contribution in [3.8, 4) is 0 Å². The summed E-state index contributed by atoms with van der Waals surface area (Å²) >= 11 is 0. The highest BCUT2D eigenvalue weighted by Crippen LogP contribution is 2.22. The van der Waals surface area contributed by atoms with Gasteiger partial charge < -0.3 is 5.11 Å². The van der Waals surface area contributed by atoms with Crippen molar-refractivity contribution in [2.45, 2.75) is 19.3 Å².